The third-order valence-electron chi connectivity index (χ3n) is 2.29. The van der Waals surface area contributed by atoms with E-state index in [4.69, 9.17) is 15.6 Å². The van der Waals surface area contributed by atoms with Crippen molar-refractivity contribution in [3.05, 3.63) is 41.5 Å². The minimum atomic E-state index is -1.03. The predicted molar refractivity (Wildman–Crippen MR) is 72.5 cm³/mol. The van der Waals surface area contributed by atoms with Gasteiger partial charge in [0, 0.05) is 18.1 Å². The molecule has 0 saturated carbocycles. The topological polar surface area (TPSA) is 89.6 Å². The largest absolute Gasteiger partial charge is 0.496 e. The number of carboxylic acid groups (broad SMARTS) is 1. The van der Waals surface area contributed by atoms with Crippen molar-refractivity contribution in [2.45, 2.75) is 6.42 Å². The standard InChI is InChI=1S/C14H15NO4/c1-19-12-7-5-10(3-2-4-13(15)16)9-11(12)6-8-14(17)18/h2-3,5-9H,4H2,1H3,(H2,15,16)(H,17,18)/b3-2?,8-6+. The van der Waals surface area contributed by atoms with Gasteiger partial charge in [0.25, 0.3) is 0 Å². The van der Waals surface area contributed by atoms with E-state index in [0.29, 0.717) is 11.3 Å². The summed E-state index contributed by atoms with van der Waals surface area (Å²) in [5.74, 6) is -0.864. The van der Waals surface area contributed by atoms with E-state index in [0.717, 1.165) is 11.6 Å². The number of primary amides is 1. The summed E-state index contributed by atoms with van der Waals surface area (Å²) in [5.41, 5.74) is 6.50. The van der Waals surface area contributed by atoms with Gasteiger partial charge in [0.2, 0.25) is 5.91 Å². The van der Waals surface area contributed by atoms with Crippen molar-refractivity contribution in [1.82, 2.24) is 0 Å². The molecular formula is C14H15NO4. The van der Waals surface area contributed by atoms with E-state index in [1.54, 1.807) is 30.4 Å². The van der Waals surface area contributed by atoms with Crippen LogP contribution in [0.15, 0.2) is 30.4 Å². The van der Waals surface area contributed by atoms with Crippen LogP contribution in [-0.2, 0) is 9.59 Å². The van der Waals surface area contributed by atoms with Gasteiger partial charge >= 0.3 is 5.97 Å². The Balaban J connectivity index is 2.97. The molecule has 5 heteroatoms. The van der Waals surface area contributed by atoms with Crippen LogP contribution in [-0.4, -0.2) is 24.1 Å². The Labute approximate surface area is 111 Å². The number of carboxylic acids is 1. The van der Waals surface area contributed by atoms with Gasteiger partial charge in [0.1, 0.15) is 5.75 Å². The molecule has 0 atom stereocenters. The first-order valence-corrected chi connectivity index (χ1v) is 5.57. The molecule has 0 heterocycles. The quantitative estimate of drug-likeness (QED) is 0.762. The Kier molecular flexibility index (Phi) is 5.35. The fourth-order valence-corrected chi connectivity index (χ4v) is 1.46. The number of rotatable bonds is 6. The Morgan fingerprint density at radius 2 is 2.11 bits per heavy atom. The van der Waals surface area contributed by atoms with E-state index in [2.05, 4.69) is 0 Å². The number of carbonyl (C=O) groups excluding carboxylic acids is 1. The first-order chi connectivity index (χ1) is 9.02. The van der Waals surface area contributed by atoms with Crippen LogP contribution in [0.3, 0.4) is 0 Å². The van der Waals surface area contributed by atoms with Gasteiger partial charge in [0.15, 0.2) is 0 Å². The number of ether oxygens (including phenoxy) is 1. The van der Waals surface area contributed by atoms with Gasteiger partial charge in [-0.1, -0.05) is 18.2 Å². The average molecular weight is 261 g/mol. The maximum Gasteiger partial charge on any atom is 0.328 e. The zero-order chi connectivity index (χ0) is 14.3. The Morgan fingerprint density at radius 3 is 2.68 bits per heavy atom. The average Bonchev–Trinajstić information content (AvgIpc) is 2.36. The molecule has 0 saturated heterocycles. The van der Waals surface area contributed by atoms with E-state index < -0.39 is 11.9 Å². The molecule has 0 bridgehead atoms. The summed E-state index contributed by atoms with van der Waals surface area (Å²) >= 11 is 0. The molecule has 1 amide bonds. The first kappa shape index (κ1) is 14.5. The number of nitrogens with two attached hydrogens (primary N) is 1. The number of carbonyl (C=O) groups is 2. The number of benzene rings is 1. The van der Waals surface area contributed by atoms with Gasteiger partial charge in [-0.15, -0.1) is 0 Å². The molecule has 0 radical (unpaired) electrons. The minimum absolute atomic E-state index is 0.159. The fourth-order valence-electron chi connectivity index (χ4n) is 1.46. The van der Waals surface area contributed by atoms with Crippen molar-refractivity contribution >= 4 is 24.0 Å². The number of amides is 1. The van der Waals surface area contributed by atoms with Crippen LogP contribution in [0, 0.1) is 0 Å². The van der Waals surface area contributed by atoms with Crippen molar-refractivity contribution in [3.63, 3.8) is 0 Å². The predicted octanol–water partition coefficient (Wildman–Crippen LogP) is 1.68. The lowest BCUT2D eigenvalue weighted by atomic mass is 10.1. The highest BCUT2D eigenvalue weighted by Gasteiger charge is 2.01. The van der Waals surface area contributed by atoms with Crippen LogP contribution in [0.5, 0.6) is 5.75 Å². The van der Waals surface area contributed by atoms with Crippen molar-refractivity contribution in [2.75, 3.05) is 7.11 Å². The summed E-state index contributed by atoms with van der Waals surface area (Å²) in [5, 5.41) is 8.62. The van der Waals surface area contributed by atoms with Gasteiger partial charge in [0.05, 0.1) is 7.11 Å². The van der Waals surface area contributed by atoms with Gasteiger partial charge in [-0.05, 0) is 23.8 Å². The molecule has 0 aliphatic rings. The molecule has 0 aliphatic carbocycles. The van der Waals surface area contributed by atoms with Crippen LogP contribution < -0.4 is 10.5 Å². The van der Waals surface area contributed by atoms with Crippen molar-refractivity contribution in [3.8, 4) is 5.75 Å². The van der Waals surface area contributed by atoms with Crippen LogP contribution in [0.2, 0.25) is 0 Å². The van der Waals surface area contributed by atoms with Gasteiger partial charge in [-0.2, -0.15) is 0 Å². The Hall–Kier alpha value is -2.56. The van der Waals surface area contributed by atoms with Crippen molar-refractivity contribution < 1.29 is 19.4 Å². The molecule has 100 valence electrons. The van der Waals surface area contributed by atoms with Crippen LogP contribution in [0.1, 0.15) is 17.5 Å². The van der Waals surface area contributed by atoms with Crippen molar-refractivity contribution in [2.24, 2.45) is 5.73 Å². The summed E-state index contributed by atoms with van der Waals surface area (Å²) in [6.07, 6.45) is 6.03. The molecule has 19 heavy (non-hydrogen) atoms. The van der Waals surface area contributed by atoms with Crippen LogP contribution in [0.25, 0.3) is 12.2 Å². The van der Waals surface area contributed by atoms with Gasteiger partial charge < -0.3 is 15.6 Å². The lowest BCUT2D eigenvalue weighted by Gasteiger charge is -2.05. The second kappa shape index (κ2) is 7.00. The molecule has 1 aromatic rings. The van der Waals surface area contributed by atoms with E-state index in [-0.39, 0.29) is 6.42 Å². The monoisotopic (exact) mass is 261 g/mol. The summed E-state index contributed by atoms with van der Waals surface area (Å²) in [7, 11) is 1.51. The van der Waals surface area contributed by atoms with E-state index >= 15 is 0 Å². The molecule has 0 fully saturated rings. The third kappa shape index (κ3) is 5.08. The summed E-state index contributed by atoms with van der Waals surface area (Å²) in [6, 6.07) is 5.29. The molecule has 0 aliphatic heterocycles. The first-order valence-electron chi connectivity index (χ1n) is 5.57. The minimum Gasteiger partial charge on any atom is -0.496 e. The summed E-state index contributed by atoms with van der Waals surface area (Å²) in [6.45, 7) is 0. The zero-order valence-electron chi connectivity index (χ0n) is 10.5. The maximum atomic E-state index is 10.6. The molecule has 0 aromatic heterocycles. The fraction of sp³-hybridized carbons (Fsp3) is 0.143. The normalized spacial score (nSPS) is 11.0. The molecule has 1 aromatic carbocycles. The number of methoxy groups -OCH3 is 1. The van der Waals surface area contributed by atoms with E-state index in [1.807, 2.05) is 0 Å². The second-order valence-electron chi connectivity index (χ2n) is 3.75. The molecule has 1 rings (SSSR count). The van der Waals surface area contributed by atoms with Crippen molar-refractivity contribution in [1.29, 1.82) is 0 Å². The van der Waals surface area contributed by atoms with E-state index in [9.17, 15) is 9.59 Å². The Bertz CT molecular complexity index is 532. The molecule has 5 nitrogen and oxygen atoms in total. The maximum absolute atomic E-state index is 10.6. The molecular weight excluding hydrogens is 246 g/mol. The molecule has 3 N–H and O–H groups in total. The highest BCUT2D eigenvalue weighted by Crippen LogP contribution is 2.22. The van der Waals surface area contributed by atoms with E-state index in [1.165, 1.54) is 13.2 Å². The smallest absolute Gasteiger partial charge is 0.328 e. The third-order valence-corrected chi connectivity index (χ3v) is 2.29. The van der Waals surface area contributed by atoms with Gasteiger partial charge in [-0.25, -0.2) is 4.79 Å². The lowest BCUT2D eigenvalue weighted by molar-refractivity contribution is -0.131. The Morgan fingerprint density at radius 1 is 1.37 bits per heavy atom. The highest BCUT2D eigenvalue weighted by atomic mass is 16.5. The highest BCUT2D eigenvalue weighted by molar-refractivity contribution is 5.86. The molecule has 0 spiro atoms. The summed E-state index contributed by atoms with van der Waals surface area (Å²) < 4.78 is 5.13. The second-order valence-corrected chi connectivity index (χ2v) is 3.75. The zero-order valence-corrected chi connectivity index (χ0v) is 10.5. The SMILES string of the molecule is COc1ccc(C=CCC(N)=O)cc1/C=C/C(=O)O. The number of hydrogen-bond acceptors (Lipinski definition) is 3. The van der Waals surface area contributed by atoms with Crippen LogP contribution in [0.4, 0.5) is 0 Å². The molecule has 0 unspecified atom stereocenters. The van der Waals surface area contributed by atoms with Crippen LogP contribution >= 0.6 is 0 Å². The number of hydrogen-bond donors (Lipinski definition) is 2. The van der Waals surface area contributed by atoms with Gasteiger partial charge in [-0.3, -0.25) is 4.79 Å². The summed E-state index contributed by atoms with van der Waals surface area (Å²) in [4.78, 5) is 21.1. The lowest BCUT2D eigenvalue weighted by Crippen LogP contribution is -2.07. The number of aliphatic carboxylic acids is 1.